The second kappa shape index (κ2) is 7.01. The van der Waals surface area contributed by atoms with Crippen LogP contribution in [0.15, 0.2) is 30.6 Å². The minimum absolute atomic E-state index is 0.679. The van der Waals surface area contributed by atoms with Crippen molar-refractivity contribution in [2.45, 2.75) is 26.8 Å². The van der Waals surface area contributed by atoms with Gasteiger partial charge in [0.05, 0.1) is 6.61 Å². The molecule has 0 spiro atoms. The van der Waals surface area contributed by atoms with E-state index < -0.39 is 0 Å². The summed E-state index contributed by atoms with van der Waals surface area (Å²) in [7, 11) is 0. The molecule has 3 nitrogen and oxygen atoms in total. The number of hydrogen-bond donors (Lipinski definition) is 1. The Bertz CT molecular complexity index is 336. The highest BCUT2D eigenvalue weighted by Crippen LogP contribution is 2.16. The molecule has 1 heterocycles. The summed E-state index contributed by atoms with van der Waals surface area (Å²) >= 11 is 0. The molecule has 16 heavy (non-hydrogen) atoms. The molecule has 0 unspecified atom stereocenters. The third-order valence-electron chi connectivity index (χ3n) is 2.21. The molecule has 0 aromatic carbocycles. The van der Waals surface area contributed by atoms with Crippen LogP contribution in [0.5, 0.6) is 5.75 Å². The van der Waals surface area contributed by atoms with E-state index in [4.69, 9.17) is 4.74 Å². The van der Waals surface area contributed by atoms with Crippen molar-refractivity contribution < 1.29 is 4.74 Å². The fourth-order valence-electron chi connectivity index (χ4n) is 1.28. The van der Waals surface area contributed by atoms with Crippen molar-refractivity contribution in [1.29, 1.82) is 0 Å². The summed E-state index contributed by atoms with van der Waals surface area (Å²) in [6.45, 7) is 10.4. The topological polar surface area (TPSA) is 34.1 Å². The first-order valence-electron chi connectivity index (χ1n) is 5.64. The molecule has 1 rings (SSSR count). The third-order valence-corrected chi connectivity index (χ3v) is 2.21. The summed E-state index contributed by atoms with van der Waals surface area (Å²) in [6.07, 6.45) is 4.49. The summed E-state index contributed by atoms with van der Waals surface area (Å²) in [5.74, 6) is 0.914. The van der Waals surface area contributed by atoms with Gasteiger partial charge in [-0.05, 0) is 19.5 Å². The van der Waals surface area contributed by atoms with Crippen molar-refractivity contribution in [2.75, 3.05) is 13.2 Å². The van der Waals surface area contributed by atoms with Gasteiger partial charge in [-0.2, -0.15) is 0 Å². The molecule has 0 bridgehead atoms. The number of pyridine rings is 1. The van der Waals surface area contributed by atoms with E-state index in [9.17, 15) is 0 Å². The molecule has 0 aliphatic carbocycles. The van der Waals surface area contributed by atoms with Gasteiger partial charge in [-0.1, -0.05) is 12.5 Å². The van der Waals surface area contributed by atoms with E-state index in [2.05, 4.69) is 23.8 Å². The zero-order valence-electron chi connectivity index (χ0n) is 10.1. The Morgan fingerprint density at radius 2 is 2.38 bits per heavy atom. The van der Waals surface area contributed by atoms with Crippen molar-refractivity contribution in [3.63, 3.8) is 0 Å². The van der Waals surface area contributed by atoms with E-state index in [1.165, 1.54) is 0 Å². The highest BCUT2D eigenvalue weighted by atomic mass is 16.5. The van der Waals surface area contributed by atoms with Crippen LogP contribution in [-0.4, -0.2) is 18.1 Å². The van der Waals surface area contributed by atoms with Gasteiger partial charge in [0, 0.05) is 30.9 Å². The molecule has 1 aromatic rings. The van der Waals surface area contributed by atoms with Crippen molar-refractivity contribution in [2.24, 2.45) is 0 Å². The number of nitrogens with one attached hydrogen (secondary N) is 1. The van der Waals surface area contributed by atoms with Crippen molar-refractivity contribution in [3.05, 3.63) is 36.2 Å². The van der Waals surface area contributed by atoms with Gasteiger partial charge in [0.1, 0.15) is 5.75 Å². The first kappa shape index (κ1) is 12.7. The molecule has 88 valence electrons. The monoisotopic (exact) mass is 220 g/mol. The van der Waals surface area contributed by atoms with Crippen LogP contribution in [0.4, 0.5) is 0 Å². The van der Waals surface area contributed by atoms with Crippen molar-refractivity contribution in [3.8, 4) is 5.75 Å². The number of ether oxygens (including phenoxy) is 1. The smallest absolute Gasteiger partial charge is 0.126 e. The molecule has 3 heteroatoms. The van der Waals surface area contributed by atoms with E-state index in [1.54, 1.807) is 6.20 Å². The molecular formula is C13H20N2O. The zero-order valence-corrected chi connectivity index (χ0v) is 10.1. The maximum Gasteiger partial charge on any atom is 0.126 e. The lowest BCUT2D eigenvalue weighted by Crippen LogP contribution is -2.13. The van der Waals surface area contributed by atoms with Gasteiger partial charge in [0.15, 0.2) is 0 Å². The summed E-state index contributed by atoms with van der Waals surface area (Å²) in [5.41, 5.74) is 2.24. The second-order valence-corrected chi connectivity index (χ2v) is 3.82. The summed E-state index contributed by atoms with van der Waals surface area (Å²) in [6, 6.07) is 1.91. The maximum atomic E-state index is 5.70. The Kier molecular flexibility index (Phi) is 5.57. The summed E-state index contributed by atoms with van der Waals surface area (Å²) in [4.78, 5) is 4.10. The number of hydrogen-bond acceptors (Lipinski definition) is 3. The Labute approximate surface area is 97.5 Å². The predicted molar refractivity (Wildman–Crippen MR) is 66.5 cm³/mol. The van der Waals surface area contributed by atoms with Crippen LogP contribution >= 0.6 is 0 Å². The van der Waals surface area contributed by atoms with Crippen LogP contribution in [-0.2, 0) is 6.54 Å². The molecule has 0 aliphatic rings. The molecule has 0 atom stereocenters. The quantitative estimate of drug-likeness (QED) is 0.717. The van der Waals surface area contributed by atoms with E-state index in [-0.39, 0.29) is 0 Å². The Balaban J connectivity index is 2.52. The lowest BCUT2D eigenvalue weighted by Gasteiger charge is -2.11. The van der Waals surface area contributed by atoms with Crippen LogP contribution in [0, 0.1) is 0 Å². The number of aromatic nitrogens is 1. The molecular weight excluding hydrogens is 200 g/mol. The van der Waals surface area contributed by atoms with Gasteiger partial charge >= 0.3 is 0 Å². The number of rotatable bonds is 7. The molecule has 0 saturated heterocycles. The lowest BCUT2D eigenvalue weighted by molar-refractivity contribution is 0.317. The Morgan fingerprint density at radius 1 is 1.56 bits per heavy atom. The van der Waals surface area contributed by atoms with Gasteiger partial charge < -0.3 is 10.1 Å². The van der Waals surface area contributed by atoms with E-state index in [1.807, 2.05) is 19.2 Å². The first-order chi connectivity index (χ1) is 7.74. The van der Waals surface area contributed by atoms with Gasteiger partial charge in [-0.25, -0.2) is 0 Å². The lowest BCUT2D eigenvalue weighted by atomic mass is 10.2. The predicted octanol–water partition coefficient (Wildman–Crippen LogP) is 2.54. The third kappa shape index (κ3) is 4.45. The van der Waals surface area contributed by atoms with Crippen LogP contribution in [0.1, 0.15) is 25.8 Å². The fraction of sp³-hybridized carbons (Fsp3) is 0.462. The average molecular weight is 220 g/mol. The van der Waals surface area contributed by atoms with Crippen LogP contribution in [0.2, 0.25) is 0 Å². The zero-order chi connectivity index (χ0) is 11.8. The van der Waals surface area contributed by atoms with Gasteiger partial charge in [0.2, 0.25) is 0 Å². The average Bonchev–Trinajstić information content (AvgIpc) is 2.27. The second-order valence-electron chi connectivity index (χ2n) is 3.82. The highest BCUT2D eigenvalue weighted by Gasteiger charge is 2.02. The van der Waals surface area contributed by atoms with Crippen molar-refractivity contribution in [1.82, 2.24) is 10.3 Å². The highest BCUT2D eigenvalue weighted by molar-refractivity contribution is 5.29. The number of nitrogens with zero attached hydrogens (tertiary/aromatic N) is 1. The van der Waals surface area contributed by atoms with Gasteiger partial charge in [-0.15, -0.1) is 6.58 Å². The minimum atomic E-state index is 0.679. The largest absolute Gasteiger partial charge is 0.493 e. The minimum Gasteiger partial charge on any atom is -0.493 e. The molecule has 0 aliphatic heterocycles. The molecule has 0 fully saturated rings. The first-order valence-corrected chi connectivity index (χ1v) is 5.64. The van der Waals surface area contributed by atoms with E-state index in [0.29, 0.717) is 6.61 Å². The molecule has 1 aromatic heterocycles. The van der Waals surface area contributed by atoms with Crippen molar-refractivity contribution >= 4 is 0 Å². The van der Waals surface area contributed by atoms with E-state index in [0.717, 1.165) is 36.4 Å². The summed E-state index contributed by atoms with van der Waals surface area (Å²) < 4.78 is 5.70. The van der Waals surface area contributed by atoms with Crippen LogP contribution in [0.3, 0.4) is 0 Å². The molecule has 0 amide bonds. The Morgan fingerprint density at radius 3 is 3.06 bits per heavy atom. The van der Waals surface area contributed by atoms with Crippen LogP contribution < -0.4 is 10.1 Å². The Hall–Kier alpha value is -1.35. The normalized spacial score (nSPS) is 10.1. The van der Waals surface area contributed by atoms with Gasteiger partial charge in [0.25, 0.3) is 0 Å². The van der Waals surface area contributed by atoms with E-state index >= 15 is 0 Å². The molecule has 0 radical (unpaired) electrons. The maximum absolute atomic E-state index is 5.70. The van der Waals surface area contributed by atoms with Gasteiger partial charge in [-0.3, -0.25) is 4.98 Å². The SMILES string of the molecule is C=C(C)CCOc1ccncc1CNCC. The van der Waals surface area contributed by atoms with Crippen LogP contribution in [0.25, 0.3) is 0 Å². The molecule has 0 saturated carbocycles. The fourth-order valence-corrected chi connectivity index (χ4v) is 1.28. The summed E-state index contributed by atoms with van der Waals surface area (Å²) in [5, 5.41) is 3.27. The molecule has 1 N–H and O–H groups in total. The standard InChI is InChI=1S/C13H20N2O/c1-4-14-9-12-10-15-7-5-13(12)16-8-6-11(2)3/h5,7,10,14H,2,4,6,8-9H2,1,3H3.